The fourth-order valence-corrected chi connectivity index (χ4v) is 1.45. The smallest absolute Gasteiger partial charge is 0.154 e. The molecule has 0 bridgehead atoms. The van der Waals surface area contributed by atoms with E-state index in [9.17, 15) is 0 Å². The van der Waals surface area contributed by atoms with Gasteiger partial charge < -0.3 is 4.40 Å². The molecule has 0 aliphatic heterocycles. The second kappa shape index (κ2) is 3.15. The van der Waals surface area contributed by atoms with Crippen LogP contribution in [0.5, 0.6) is 0 Å². The number of imidazole rings is 1. The van der Waals surface area contributed by atoms with Gasteiger partial charge in [-0.3, -0.25) is 0 Å². The van der Waals surface area contributed by atoms with Crippen molar-refractivity contribution in [2.45, 2.75) is 19.8 Å². The van der Waals surface area contributed by atoms with Crippen LogP contribution >= 0.6 is 0 Å². The molecule has 0 atom stereocenters. The van der Waals surface area contributed by atoms with E-state index in [4.69, 9.17) is 5.26 Å². The van der Waals surface area contributed by atoms with E-state index in [1.54, 1.807) is 6.20 Å². The molecule has 0 aliphatic rings. The Hall–Kier alpha value is -1.82. The molecule has 2 rings (SSSR count). The lowest BCUT2D eigenvalue weighted by Crippen LogP contribution is -1.95. The van der Waals surface area contributed by atoms with Gasteiger partial charge in [0.15, 0.2) is 5.65 Å². The Morgan fingerprint density at radius 3 is 2.93 bits per heavy atom. The number of hydrogen-bond acceptors (Lipinski definition) is 2. The normalized spacial score (nSPS) is 10.7. The van der Waals surface area contributed by atoms with E-state index in [1.807, 2.05) is 22.9 Å². The van der Waals surface area contributed by atoms with Gasteiger partial charge in [-0.1, -0.05) is 13.8 Å². The first-order valence-corrected chi connectivity index (χ1v) is 4.59. The number of rotatable bonds is 1. The maximum Gasteiger partial charge on any atom is 0.154 e. The summed E-state index contributed by atoms with van der Waals surface area (Å²) in [5, 5.41) is 8.96. The molecule has 0 amide bonds. The first-order chi connectivity index (χ1) is 6.72. The average molecular weight is 185 g/mol. The van der Waals surface area contributed by atoms with Gasteiger partial charge in [0, 0.05) is 18.6 Å². The fourth-order valence-electron chi connectivity index (χ4n) is 1.45. The van der Waals surface area contributed by atoms with Crippen LogP contribution in [-0.4, -0.2) is 9.38 Å². The SMILES string of the molecule is CC(C)c1cc(C#N)c2nccn2c1. The quantitative estimate of drug-likeness (QED) is 0.684. The zero-order valence-corrected chi connectivity index (χ0v) is 8.23. The summed E-state index contributed by atoms with van der Waals surface area (Å²) < 4.78 is 1.90. The van der Waals surface area contributed by atoms with Crippen LogP contribution in [-0.2, 0) is 0 Å². The molecule has 0 N–H and O–H groups in total. The molecule has 3 nitrogen and oxygen atoms in total. The molecule has 2 heterocycles. The Morgan fingerprint density at radius 1 is 1.50 bits per heavy atom. The molecule has 0 spiro atoms. The minimum absolute atomic E-state index is 0.425. The summed E-state index contributed by atoms with van der Waals surface area (Å²) in [6, 6.07) is 4.08. The van der Waals surface area contributed by atoms with Crippen LogP contribution in [0, 0.1) is 11.3 Å². The van der Waals surface area contributed by atoms with Crippen molar-refractivity contribution >= 4 is 5.65 Å². The molecule has 0 saturated carbocycles. The highest BCUT2D eigenvalue weighted by Crippen LogP contribution is 2.18. The van der Waals surface area contributed by atoms with E-state index in [2.05, 4.69) is 24.9 Å². The molecule has 0 aromatic carbocycles. The van der Waals surface area contributed by atoms with Crippen molar-refractivity contribution in [2.24, 2.45) is 0 Å². The first-order valence-electron chi connectivity index (χ1n) is 4.59. The third-order valence-corrected chi connectivity index (χ3v) is 2.30. The highest BCUT2D eigenvalue weighted by atomic mass is 15.0. The number of hydrogen-bond donors (Lipinski definition) is 0. The molecule has 0 unspecified atom stereocenters. The van der Waals surface area contributed by atoms with E-state index in [-0.39, 0.29) is 0 Å². The zero-order valence-electron chi connectivity index (χ0n) is 8.23. The predicted molar refractivity (Wildman–Crippen MR) is 54.0 cm³/mol. The standard InChI is InChI=1S/C11H11N3/c1-8(2)10-5-9(6-12)11-13-3-4-14(11)7-10/h3-5,7-8H,1-2H3. The van der Waals surface area contributed by atoms with Crippen molar-refractivity contribution < 1.29 is 0 Å². The summed E-state index contributed by atoms with van der Waals surface area (Å²) >= 11 is 0. The number of pyridine rings is 1. The van der Waals surface area contributed by atoms with Gasteiger partial charge in [0.1, 0.15) is 6.07 Å². The van der Waals surface area contributed by atoms with Crippen LogP contribution in [0.4, 0.5) is 0 Å². The Balaban J connectivity index is 2.75. The second-order valence-corrected chi connectivity index (χ2v) is 3.61. The van der Waals surface area contributed by atoms with Crippen LogP contribution in [0.25, 0.3) is 5.65 Å². The van der Waals surface area contributed by atoms with Gasteiger partial charge in [-0.05, 0) is 17.5 Å². The summed E-state index contributed by atoms with van der Waals surface area (Å²) in [7, 11) is 0. The number of fused-ring (bicyclic) bond motifs is 1. The van der Waals surface area contributed by atoms with Gasteiger partial charge >= 0.3 is 0 Å². The fraction of sp³-hybridized carbons (Fsp3) is 0.273. The summed E-state index contributed by atoms with van der Waals surface area (Å²) in [6.45, 7) is 4.22. The highest BCUT2D eigenvalue weighted by molar-refractivity contribution is 5.56. The lowest BCUT2D eigenvalue weighted by molar-refractivity contribution is 0.852. The van der Waals surface area contributed by atoms with Crippen molar-refractivity contribution in [1.82, 2.24) is 9.38 Å². The molecular formula is C11H11N3. The molecule has 0 radical (unpaired) electrons. The number of nitrogens with zero attached hydrogens (tertiary/aromatic N) is 3. The Kier molecular flexibility index (Phi) is 1.97. The topological polar surface area (TPSA) is 41.1 Å². The molecule has 3 heteroatoms. The van der Waals surface area contributed by atoms with Gasteiger partial charge in [0.2, 0.25) is 0 Å². The lowest BCUT2D eigenvalue weighted by atomic mass is 10.0. The number of aromatic nitrogens is 2. The zero-order chi connectivity index (χ0) is 10.1. The molecule has 2 aromatic rings. The highest BCUT2D eigenvalue weighted by Gasteiger charge is 2.06. The molecular weight excluding hydrogens is 174 g/mol. The monoisotopic (exact) mass is 185 g/mol. The maximum absolute atomic E-state index is 8.96. The van der Waals surface area contributed by atoms with Crippen molar-refractivity contribution in [3.05, 3.63) is 35.8 Å². The average Bonchev–Trinajstić information content (AvgIpc) is 2.63. The molecule has 2 aromatic heterocycles. The molecule has 0 aliphatic carbocycles. The third kappa shape index (κ3) is 1.25. The van der Waals surface area contributed by atoms with E-state index in [0.29, 0.717) is 11.5 Å². The minimum Gasteiger partial charge on any atom is -0.306 e. The van der Waals surface area contributed by atoms with Crippen molar-refractivity contribution in [3.63, 3.8) is 0 Å². The summed E-state index contributed by atoms with van der Waals surface area (Å²) in [5.41, 5.74) is 2.53. The first kappa shape index (κ1) is 8.76. The summed E-state index contributed by atoms with van der Waals surface area (Å²) in [6.07, 6.45) is 5.59. The van der Waals surface area contributed by atoms with Gasteiger partial charge in [-0.15, -0.1) is 0 Å². The Morgan fingerprint density at radius 2 is 2.29 bits per heavy atom. The predicted octanol–water partition coefficient (Wildman–Crippen LogP) is 2.33. The lowest BCUT2D eigenvalue weighted by Gasteiger charge is -2.06. The van der Waals surface area contributed by atoms with Gasteiger partial charge in [0.05, 0.1) is 5.56 Å². The maximum atomic E-state index is 8.96. The Labute approximate surface area is 82.6 Å². The van der Waals surface area contributed by atoms with Gasteiger partial charge in [-0.2, -0.15) is 5.26 Å². The van der Waals surface area contributed by atoms with Crippen molar-refractivity contribution in [1.29, 1.82) is 5.26 Å². The van der Waals surface area contributed by atoms with E-state index in [0.717, 1.165) is 11.2 Å². The van der Waals surface area contributed by atoms with E-state index >= 15 is 0 Å². The molecule has 0 fully saturated rings. The Bertz CT molecular complexity index is 503. The van der Waals surface area contributed by atoms with Crippen LogP contribution < -0.4 is 0 Å². The van der Waals surface area contributed by atoms with E-state index in [1.165, 1.54) is 0 Å². The number of nitriles is 1. The summed E-state index contributed by atoms with van der Waals surface area (Å²) in [5.74, 6) is 0.425. The third-order valence-electron chi connectivity index (χ3n) is 2.30. The minimum atomic E-state index is 0.425. The second-order valence-electron chi connectivity index (χ2n) is 3.61. The van der Waals surface area contributed by atoms with Crippen molar-refractivity contribution in [2.75, 3.05) is 0 Å². The van der Waals surface area contributed by atoms with Crippen LogP contribution in [0.1, 0.15) is 30.9 Å². The molecule has 14 heavy (non-hydrogen) atoms. The van der Waals surface area contributed by atoms with Gasteiger partial charge in [-0.25, -0.2) is 4.98 Å². The van der Waals surface area contributed by atoms with Crippen LogP contribution in [0.3, 0.4) is 0 Å². The van der Waals surface area contributed by atoms with E-state index < -0.39 is 0 Å². The van der Waals surface area contributed by atoms with Crippen LogP contribution in [0.15, 0.2) is 24.7 Å². The van der Waals surface area contributed by atoms with Crippen LogP contribution in [0.2, 0.25) is 0 Å². The molecule has 0 saturated heterocycles. The largest absolute Gasteiger partial charge is 0.306 e. The van der Waals surface area contributed by atoms with Gasteiger partial charge in [0.25, 0.3) is 0 Å². The van der Waals surface area contributed by atoms with Crippen molar-refractivity contribution in [3.8, 4) is 6.07 Å². The molecule has 70 valence electrons. The summed E-state index contributed by atoms with van der Waals surface area (Å²) in [4.78, 5) is 4.13.